The number of ketones is 1. The largest absolute Gasteiger partial charge is 0.480 e. The van der Waals surface area contributed by atoms with Crippen LogP contribution in [-0.4, -0.2) is 97.0 Å². The number of carbonyl (C=O) groups excluding carboxylic acids is 5. The monoisotopic (exact) mass is 616 g/mol. The highest BCUT2D eigenvalue weighted by molar-refractivity contribution is 6.03. The van der Waals surface area contributed by atoms with Gasteiger partial charge in [0.2, 0.25) is 23.6 Å². The maximum absolute atomic E-state index is 13.1. The summed E-state index contributed by atoms with van der Waals surface area (Å²) < 4.78 is 0. The normalized spacial score (nSPS) is 15.8. The number of aliphatic carboxylic acids is 1. The van der Waals surface area contributed by atoms with Crippen molar-refractivity contribution in [3.8, 4) is 0 Å². The Labute approximate surface area is 254 Å². The Kier molecular flexibility index (Phi) is 13.6. The maximum Gasteiger partial charge on any atom is 0.326 e. The molecule has 0 bridgehead atoms. The number of aromatic nitrogens is 2. The third-order valence-electron chi connectivity index (χ3n) is 6.84. The van der Waals surface area contributed by atoms with Gasteiger partial charge in [-0.25, -0.2) is 9.78 Å². The van der Waals surface area contributed by atoms with Crippen LogP contribution in [0.3, 0.4) is 0 Å². The Hall–Kier alpha value is -4.63. The van der Waals surface area contributed by atoms with Gasteiger partial charge < -0.3 is 41.6 Å². The summed E-state index contributed by atoms with van der Waals surface area (Å²) in [7, 11) is 0. The standard InChI is InChI=1S/C29H40N6O9/c1-5-22(38)20(12-19-13-30-14-31-19)32-27(41)23(16(3)36)35-28(42)24(17(4)37)34-26(40)15(2)25(39)33-21(29(43)44)11-18-9-7-6-8-10-18/h6-10,13-17,20-21,23-24,36-37H,5,11-12H2,1-4H3,(H,30,31)(H,32,41)(H,33,39)(H,34,40)(H,35,42)(H,43,44). The van der Waals surface area contributed by atoms with E-state index in [0.717, 1.165) is 0 Å². The van der Waals surface area contributed by atoms with Crippen molar-refractivity contribution in [2.75, 3.05) is 0 Å². The second-order valence-corrected chi connectivity index (χ2v) is 10.4. The number of aromatic amines is 1. The lowest BCUT2D eigenvalue weighted by Gasteiger charge is -2.28. The van der Waals surface area contributed by atoms with Gasteiger partial charge >= 0.3 is 5.97 Å². The van der Waals surface area contributed by atoms with E-state index in [1.165, 1.54) is 33.3 Å². The van der Waals surface area contributed by atoms with E-state index in [-0.39, 0.29) is 25.0 Å². The molecule has 0 aliphatic heterocycles. The Balaban J connectivity index is 2.09. The first kappa shape index (κ1) is 35.6. The number of benzene rings is 1. The summed E-state index contributed by atoms with van der Waals surface area (Å²) in [6.07, 6.45) is 0.0875. The molecule has 0 fully saturated rings. The Morgan fingerprint density at radius 1 is 0.773 bits per heavy atom. The van der Waals surface area contributed by atoms with Crippen LogP contribution < -0.4 is 21.3 Å². The van der Waals surface area contributed by atoms with Crippen molar-refractivity contribution < 1.29 is 44.1 Å². The van der Waals surface area contributed by atoms with Crippen molar-refractivity contribution in [3.63, 3.8) is 0 Å². The summed E-state index contributed by atoms with van der Waals surface area (Å²) in [5, 5.41) is 39.4. The molecule has 44 heavy (non-hydrogen) atoms. The van der Waals surface area contributed by atoms with Gasteiger partial charge in [-0.1, -0.05) is 37.3 Å². The zero-order chi connectivity index (χ0) is 33.0. The first-order valence-electron chi connectivity index (χ1n) is 14.1. The minimum atomic E-state index is -1.66. The Bertz CT molecular complexity index is 1280. The topological polar surface area (TPSA) is 240 Å². The van der Waals surface area contributed by atoms with Gasteiger partial charge in [-0.2, -0.15) is 0 Å². The molecule has 15 heteroatoms. The van der Waals surface area contributed by atoms with Gasteiger partial charge in [-0.3, -0.25) is 24.0 Å². The van der Waals surface area contributed by atoms with Crippen molar-refractivity contribution in [2.24, 2.45) is 5.92 Å². The van der Waals surface area contributed by atoms with Gasteiger partial charge in [0.05, 0.1) is 24.6 Å². The average molecular weight is 617 g/mol. The van der Waals surface area contributed by atoms with E-state index in [9.17, 15) is 44.1 Å². The highest BCUT2D eigenvalue weighted by atomic mass is 16.4. The number of carboxylic acid groups (broad SMARTS) is 1. The number of H-pyrrole nitrogens is 1. The number of amides is 4. The molecule has 0 saturated heterocycles. The van der Waals surface area contributed by atoms with Gasteiger partial charge in [0.1, 0.15) is 24.0 Å². The van der Waals surface area contributed by atoms with Gasteiger partial charge in [0.25, 0.3) is 0 Å². The molecule has 0 aliphatic rings. The molecule has 240 valence electrons. The number of imidazole rings is 1. The van der Waals surface area contributed by atoms with Crippen LogP contribution in [0.1, 0.15) is 45.4 Å². The third kappa shape index (κ3) is 10.6. The molecule has 7 unspecified atom stereocenters. The summed E-state index contributed by atoms with van der Waals surface area (Å²) in [4.78, 5) is 82.7. The quantitative estimate of drug-likeness (QED) is 0.0967. The van der Waals surface area contributed by atoms with Crippen molar-refractivity contribution >= 4 is 35.4 Å². The van der Waals surface area contributed by atoms with Crippen LogP contribution in [0.25, 0.3) is 0 Å². The summed E-state index contributed by atoms with van der Waals surface area (Å²) >= 11 is 0. The number of hydrogen-bond donors (Lipinski definition) is 8. The van der Waals surface area contributed by atoms with Crippen LogP contribution in [-0.2, 0) is 41.6 Å². The molecular weight excluding hydrogens is 576 g/mol. The molecule has 7 atom stereocenters. The van der Waals surface area contributed by atoms with E-state index >= 15 is 0 Å². The fraction of sp³-hybridized carbons (Fsp3) is 0.483. The number of carbonyl (C=O) groups is 6. The minimum Gasteiger partial charge on any atom is -0.480 e. The number of aliphatic hydroxyl groups is 2. The summed E-state index contributed by atoms with van der Waals surface area (Å²) in [6, 6.07) is 2.98. The van der Waals surface area contributed by atoms with Crippen molar-refractivity contribution in [1.29, 1.82) is 0 Å². The van der Waals surface area contributed by atoms with E-state index in [0.29, 0.717) is 11.3 Å². The minimum absolute atomic E-state index is 0.0373. The molecule has 1 aromatic carbocycles. The lowest BCUT2D eigenvalue weighted by atomic mass is 10.0. The first-order valence-corrected chi connectivity index (χ1v) is 14.1. The smallest absolute Gasteiger partial charge is 0.326 e. The number of hydrogen-bond acceptors (Lipinski definition) is 9. The van der Waals surface area contributed by atoms with Crippen molar-refractivity contribution in [1.82, 2.24) is 31.2 Å². The number of carboxylic acids is 1. The first-order chi connectivity index (χ1) is 20.7. The number of nitrogens with one attached hydrogen (secondary N) is 5. The summed E-state index contributed by atoms with van der Waals surface area (Å²) in [5.74, 6) is -6.97. The summed E-state index contributed by atoms with van der Waals surface area (Å²) in [5.41, 5.74) is 1.21. The van der Waals surface area contributed by atoms with E-state index in [1.807, 2.05) is 0 Å². The molecule has 0 spiro atoms. The van der Waals surface area contributed by atoms with E-state index < -0.39 is 71.9 Å². The molecule has 2 aromatic rings. The summed E-state index contributed by atoms with van der Waals surface area (Å²) in [6.45, 7) is 5.23. The fourth-order valence-electron chi connectivity index (χ4n) is 4.17. The van der Waals surface area contributed by atoms with Crippen LogP contribution >= 0.6 is 0 Å². The molecule has 0 saturated carbocycles. The van der Waals surface area contributed by atoms with Gasteiger partial charge in [-0.05, 0) is 26.3 Å². The third-order valence-corrected chi connectivity index (χ3v) is 6.84. The van der Waals surface area contributed by atoms with Gasteiger partial charge in [0.15, 0.2) is 5.78 Å². The molecule has 0 radical (unpaired) electrons. The van der Waals surface area contributed by atoms with E-state index in [1.54, 1.807) is 37.3 Å². The number of nitrogens with zero attached hydrogens (tertiary/aromatic N) is 1. The predicted octanol–water partition coefficient (Wildman–Crippen LogP) is -1.40. The Morgan fingerprint density at radius 2 is 1.30 bits per heavy atom. The molecule has 1 aromatic heterocycles. The van der Waals surface area contributed by atoms with Crippen LogP contribution in [0.4, 0.5) is 0 Å². The average Bonchev–Trinajstić information content (AvgIpc) is 3.50. The number of aliphatic hydroxyl groups excluding tert-OH is 2. The van der Waals surface area contributed by atoms with Crippen LogP contribution in [0.2, 0.25) is 0 Å². The molecule has 0 aliphatic carbocycles. The molecule has 15 nitrogen and oxygen atoms in total. The zero-order valence-electron chi connectivity index (χ0n) is 24.9. The second-order valence-electron chi connectivity index (χ2n) is 10.4. The van der Waals surface area contributed by atoms with Crippen LogP contribution in [0.5, 0.6) is 0 Å². The number of Topliss-reactive ketones (excluding diaryl/α,β-unsaturated/α-hetero) is 1. The van der Waals surface area contributed by atoms with E-state index in [4.69, 9.17) is 0 Å². The maximum atomic E-state index is 13.1. The van der Waals surface area contributed by atoms with Crippen LogP contribution in [0, 0.1) is 5.92 Å². The lowest BCUT2D eigenvalue weighted by molar-refractivity contribution is -0.144. The van der Waals surface area contributed by atoms with Crippen molar-refractivity contribution in [3.05, 3.63) is 54.1 Å². The number of rotatable bonds is 17. The molecule has 2 rings (SSSR count). The van der Waals surface area contributed by atoms with Crippen LogP contribution in [0.15, 0.2) is 42.9 Å². The van der Waals surface area contributed by atoms with Crippen molar-refractivity contribution in [2.45, 2.75) is 83.3 Å². The highest BCUT2D eigenvalue weighted by Crippen LogP contribution is 2.08. The molecule has 1 heterocycles. The molecule has 4 amide bonds. The molecular formula is C29H40N6O9. The van der Waals surface area contributed by atoms with E-state index in [2.05, 4.69) is 31.2 Å². The zero-order valence-corrected chi connectivity index (χ0v) is 24.9. The lowest BCUT2D eigenvalue weighted by Crippen LogP contribution is -2.61. The van der Waals surface area contributed by atoms with Gasteiger partial charge in [0, 0.05) is 31.2 Å². The highest BCUT2D eigenvalue weighted by Gasteiger charge is 2.35. The Morgan fingerprint density at radius 3 is 1.80 bits per heavy atom. The van der Waals surface area contributed by atoms with Gasteiger partial charge in [-0.15, -0.1) is 0 Å². The SMILES string of the molecule is CCC(=O)C(Cc1cnc[nH]1)NC(=O)C(NC(=O)C(NC(=O)C(C)C(=O)NC(Cc1ccccc1)C(=O)O)C(C)O)C(C)O. The predicted molar refractivity (Wildman–Crippen MR) is 156 cm³/mol. The second kappa shape index (κ2) is 16.9. The fourth-order valence-corrected chi connectivity index (χ4v) is 4.17. The molecule has 8 N–H and O–H groups in total.